The molecule has 0 saturated carbocycles. The number of aryl methyl sites for hydroxylation is 1. The first kappa shape index (κ1) is 21.9. The number of carbonyl (C=O) groups is 2. The van der Waals surface area contributed by atoms with E-state index in [1.807, 2.05) is 6.92 Å². The average molecular weight is 430 g/mol. The third-order valence-corrected chi connectivity index (χ3v) is 4.12. The first-order valence-corrected chi connectivity index (χ1v) is 9.53. The summed E-state index contributed by atoms with van der Waals surface area (Å²) < 4.78 is 42.6. The highest BCUT2D eigenvalue weighted by molar-refractivity contribution is 5.94. The van der Waals surface area contributed by atoms with Crippen LogP contribution in [0, 0.1) is 11.6 Å². The van der Waals surface area contributed by atoms with Crippen LogP contribution in [0.3, 0.4) is 0 Å². The predicted octanol–water partition coefficient (Wildman–Crippen LogP) is 4.13. The lowest BCUT2D eigenvalue weighted by molar-refractivity contribution is -0.147. The fraction of sp³-hybridized carbons (Fsp3) is 0.227. The Balaban J connectivity index is 1.46. The Labute approximate surface area is 177 Å². The summed E-state index contributed by atoms with van der Waals surface area (Å²) in [4.78, 5) is 27.9. The molecule has 1 amide bonds. The minimum atomic E-state index is -0.779. The van der Waals surface area contributed by atoms with E-state index in [1.54, 1.807) is 24.3 Å². The van der Waals surface area contributed by atoms with Gasteiger partial charge in [0, 0.05) is 12.5 Å². The third-order valence-electron chi connectivity index (χ3n) is 4.12. The molecule has 0 unspecified atom stereocenters. The molecular weight excluding hydrogens is 410 g/mol. The second-order valence-corrected chi connectivity index (χ2v) is 6.38. The fourth-order valence-electron chi connectivity index (χ4n) is 2.70. The van der Waals surface area contributed by atoms with Gasteiger partial charge in [-0.3, -0.25) is 9.59 Å². The van der Waals surface area contributed by atoms with Gasteiger partial charge in [0.1, 0.15) is 17.4 Å². The number of rotatable bonds is 9. The van der Waals surface area contributed by atoms with Crippen LogP contribution in [-0.4, -0.2) is 30.1 Å². The normalized spacial score (nSPS) is 10.5. The van der Waals surface area contributed by atoms with Crippen molar-refractivity contribution >= 4 is 17.6 Å². The molecule has 162 valence electrons. The molecule has 7 nitrogen and oxygen atoms in total. The van der Waals surface area contributed by atoms with E-state index in [1.165, 1.54) is 12.3 Å². The predicted molar refractivity (Wildman–Crippen MR) is 107 cm³/mol. The first-order valence-electron chi connectivity index (χ1n) is 9.53. The van der Waals surface area contributed by atoms with Gasteiger partial charge in [-0.2, -0.15) is 0 Å². The molecule has 0 spiro atoms. The molecule has 0 fully saturated rings. The molecule has 1 heterocycles. The number of nitrogens with one attached hydrogen (secondary N) is 1. The maximum Gasteiger partial charge on any atom is 0.306 e. The van der Waals surface area contributed by atoms with E-state index in [0.29, 0.717) is 18.0 Å². The van der Waals surface area contributed by atoms with Crippen LogP contribution in [0.25, 0.3) is 11.3 Å². The number of hydrogen-bond donors (Lipinski definition) is 1. The van der Waals surface area contributed by atoms with E-state index in [0.717, 1.165) is 12.1 Å². The smallest absolute Gasteiger partial charge is 0.306 e. The number of para-hydroxylation sites is 2. The van der Waals surface area contributed by atoms with E-state index in [2.05, 4.69) is 10.3 Å². The van der Waals surface area contributed by atoms with Gasteiger partial charge in [-0.05, 0) is 31.2 Å². The molecule has 3 rings (SSSR count). The van der Waals surface area contributed by atoms with Crippen LogP contribution in [0.1, 0.15) is 19.2 Å². The Bertz CT molecular complexity index is 1070. The largest absolute Gasteiger partial charge is 0.492 e. The van der Waals surface area contributed by atoms with Crippen molar-refractivity contribution in [3.05, 3.63) is 66.2 Å². The minimum Gasteiger partial charge on any atom is -0.492 e. The van der Waals surface area contributed by atoms with Gasteiger partial charge in [0.2, 0.25) is 0 Å². The van der Waals surface area contributed by atoms with Crippen LogP contribution in [0.2, 0.25) is 0 Å². The van der Waals surface area contributed by atoms with Gasteiger partial charge in [0.05, 0.1) is 30.5 Å². The van der Waals surface area contributed by atoms with Crippen LogP contribution in [-0.2, 0) is 20.7 Å². The number of carbonyl (C=O) groups excluding carboxylic acids is 2. The van der Waals surface area contributed by atoms with Crippen molar-refractivity contribution in [3.63, 3.8) is 0 Å². The molecule has 31 heavy (non-hydrogen) atoms. The first-order chi connectivity index (χ1) is 15.0. The van der Waals surface area contributed by atoms with E-state index in [-0.39, 0.29) is 30.1 Å². The molecule has 1 N–H and O–H groups in total. The molecule has 0 atom stereocenters. The maximum absolute atomic E-state index is 13.8. The molecule has 0 radical (unpaired) electrons. The van der Waals surface area contributed by atoms with Crippen molar-refractivity contribution in [2.45, 2.75) is 19.8 Å². The molecule has 3 aromatic rings. The average Bonchev–Trinajstić information content (AvgIpc) is 3.21. The topological polar surface area (TPSA) is 90.7 Å². The summed E-state index contributed by atoms with van der Waals surface area (Å²) in [6, 6.07) is 10.0. The van der Waals surface area contributed by atoms with Gasteiger partial charge in [-0.1, -0.05) is 12.1 Å². The van der Waals surface area contributed by atoms with Crippen LogP contribution in [0.15, 0.2) is 53.1 Å². The fourth-order valence-corrected chi connectivity index (χ4v) is 2.70. The highest BCUT2D eigenvalue weighted by atomic mass is 19.1. The lowest BCUT2D eigenvalue weighted by Gasteiger charge is -2.11. The number of anilines is 1. The zero-order chi connectivity index (χ0) is 22.2. The van der Waals surface area contributed by atoms with Gasteiger partial charge in [0.15, 0.2) is 18.3 Å². The number of oxazole rings is 1. The Hall–Kier alpha value is -3.75. The molecule has 9 heteroatoms. The van der Waals surface area contributed by atoms with Crippen molar-refractivity contribution in [2.75, 3.05) is 18.5 Å². The summed E-state index contributed by atoms with van der Waals surface area (Å²) in [6.07, 6.45) is 1.30. The molecule has 1 aromatic heterocycles. The molecule has 2 aromatic carbocycles. The van der Waals surface area contributed by atoms with Gasteiger partial charge in [-0.15, -0.1) is 0 Å². The van der Waals surface area contributed by atoms with Crippen LogP contribution in [0.5, 0.6) is 5.75 Å². The zero-order valence-corrected chi connectivity index (χ0v) is 16.7. The number of amides is 1. The summed E-state index contributed by atoms with van der Waals surface area (Å²) in [5.41, 5.74) is 0.539. The summed E-state index contributed by atoms with van der Waals surface area (Å²) in [6.45, 7) is 1.81. The Morgan fingerprint density at radius 1 is 1.16 bits per heavy atom. The van der Waals surface area contributed by atoms with Gasteiger partial charge >= 0.3 is 5.97 Å². The lowest BCUT2D eigenvalue weighted by Crippen LogP contribution is -2.21. The lowest BCUT2D eigenvalue weighted by atomic mass is 10.2. The van der Waals surface area contributed by atoms with Crippen LogP contribution < -0.4 is 10.1 Å². The molecule has 0 saturated heterocycles. The Morgan fingerprint density at radius 3 is 2.74 bits per heavy atom. The number of aromatic nitrogens is 1. The number of halogens is 2. The van der Waals surface area contributed by atoms with Crippen molar-refractivity contribution in [2.24, 2.45) is 0 Å². The van der Waals surface area contributed by atoms with Crippen molar-refractivity contribution in [1.29, 1.82) is 0 Å². The molecular formula is C22H20F2N2O5. The number of benzene rings is 2. The summed E-state index contributed by atoms with van der Waals surface area (Å²) in [5, 5.41) is 2.62. The van der Waals surface area contributed by atoms with Gasteiger partial charge in [-0.25, -0.2) is 13.8 Å². The van der Waals surface area contributed by atoms with Gasteiger partial charge in [0.25, 0.3) is 5.91 Å². The minimum absolute atomic E-state index is 0.0618. The molecule has 0 bridgehead atoms. The monoisotopic (exact) mass is 430 g/mol. The number of ether oxygens (including phenoxy) is 2. The maximum atomic E-state index is 13.8. The van der Waals surface area contributed by atoms with Crippen molar-refractivity contribution in [1.82, 2.24) is 4.98 Å². The Kier molecular flexibility index (Phi) is 7.31. The highest BCUT2D eigenvalue weighted by Gasteiger charge is 2.14. The highest BCUT2D eigenvalue weighted by Crippen LogP contribution is 2.25. The van der Waals surface area contributed by atoms with E-state index in [9.17, 15) is 18.4 Å². The van der Waals surface area contributed by atoms with E-state index >= 15 is 0 Å². The van der Waals surface area contributed by atoms with Gasteiger partial charge < -0.3 is 19.2 Å². The third kappa shape index (κ3) is 6.11. The van der Waals surface area contributed by atoms with E-state index < -0.39 is 30.1 Å². The van der Waals surface area contributed by atoms with Crippen molar-refractivity contribution < 1.29 is 32.3 Å². The van der Waals surface area contributed by atoms with E-state index in [4.69, 9.17) is 13.9 Å². The number of esters is 1. The van der Waals surface area contributed by atoms with Crippen LogP contribution >= 0.6 is 0 Å². The summed E-state index contributed by atoms with van der Waals surface area (Å²) in [7, 11) is 0. The Morgan fingerprint density at radius 2 is 1.97 bits per heavy atom. The molecule has 0 aliphatic carbocycles. The number of hydrogen-bond acceptors (Lipinski definition) is 6. The molecule has 0 aliphatic heterocycles. The summed E-state index contributed by atoms with van der Waals surface area (Å²) >= 11 is 0. The molecule has 0 aliphatic rings. The van der Waals surface area contributed by atoms with Crippen molar-refractivity contribution in [3.8, 4) is 17.1 Å². The SMILES string of the molecule is CCOc1ccccc1NC(=O)COC(=O)CCc1ncc(-c2ccc(F)cc2F)o1. The number of nitrogens with zero attached hydrogens (tertiary/aromatic N) is 1. The second kappa shape index (κ2) is 10.3. The summed E-state index contributed by atoms with van der Waals surface area (Å²) in [5.74, 6) is -1.79. The second-order valence-electron chi connectivity index (χ2n) is 6.38. The quantitative estimate of drug-likeness (QED) is 0.514. The van der Waals surface area contributed by atoms with Crippen LogP contribution in [0.4, 0.5) is 14.5 Å². The standard InChI is InChI=1S/C22H20F2N2O5/c1-2-29-18-6-4-3-5-17(18)26-20(27)13-30-22(28)10-9-21-25-12-19(31-21)15-8-7-14(23)11-16(15)24/h3-8,11-12H,2,9-10,13H2,1H3,(H,26,27). The zero-order valence-electron chi connectivity index (χ0n) is 16.7.